The summed E-state index contributed by atoms with van der Waals surface area (Å²) in [4.78, 5) is 37.0. The third kappa shape index (κ3) is 9.20. The van der Waals surface area contributed by atoms with E-state index in [0.717, 1.165) is 14.3 Å². The summed E-state index contributed by atoms with van der Waals surface area (Å²) in [6.07, 6.45) is 1.23. The number of nitrogens with zero attached hydrogens (tertiary/aromatic N) is 2. The summed E-state index contributed by atoms with van der Waals surface area (Å²) >= 11 is 3.30. The van der Waals surface area contributed by atoms with E-state index in [2.05, 4.69) is 37.1 Å². The van der Waals surface area contributed by atoms with Crippen LogP contribution < -0.4 is 16.1 Å². The van der Waals surface area contributed by atoms with Gasteiger partial charge in [0.15, 0.2) is 0 Å². The van der Waals surface area contributed by atoms with Gasteiger partial charge in [0, 0.05) is 16.7 Å². The molecule has 43 heavy (non-hydrogen) atoms. The number of furan rings is 1. The molecule has 4 rings (SSSR count). The maximum atomic E-state index is 13.4. The number of nitrogens with one attached hydrogen (secondary N) is 3. The number of halogens is 1. The normalized spacial score (nSPS) is 11.4. The van der Waals surface area contributed by atoms with Crippen LogP contribution in [-0.2, 0) is 37.5 Å². The molecule has 0 aliphatic carbocycles. The van der Waals surface area contributed by atoms with Gasteiger partial charge in [0.05, 0.1) is 24.2 Å². The molecule has 0 bridgehead atoms. The van der Waals surface area contributed by atoms with Crippen molar-refractivity contribution in [1.82, 2.24) is 15.0 Å². The summed E-state index contributed by atoms with van der Waals surface area (Å²) in [6.45, 7) is 1.36. The Morgan fingerprint density at radius 1 is 0.907 bits per heavy atom. The zero-order chi connectivity index (χ0) is 30.8. The molecule has 0 aliphatic heterocycles. The van der Waals surface area contributed by atoms with Gasteiger partial charge < -0.3 is 15.1 Å². The van der Waals surface area contributed by atoms with Gasteiger partial charge in [0.1, 0.15) is 11.5 Å². The van der Waals surface area contributed by atoms with Crippen LogP contribution in [0.1, 0.15) is 22.6 Å². The Kier molecular flexibility index (Phi) is 10.6. The fourth-order valence-corrected chi connectivity index (χ4v) is 5.41. The van der Waals surface area contributed by atoms with Crippen molar-refractivity contribution in [3.05, 3.63) is 118 Å². The summed E-state index contributed by atoms with van der Waals surface area (Å²) in [5.74, 6) is -1.70. The van der Waals surface area contributed by atoms with E-state index in [1.165, 1.54) is 18.3 Å². The highest BCUT2D eigenvalue weighted by molar-refractivity contribution is 9.10. The van der Waals surface area contributed by atoms with Crippen molar-refractivity contribution in [3.8, 4) is 0 Å². The SMILES string of the molecule is Cc1ccc(NC(=O)C(=O)NCc2ccc(/C=N\NC(=O)CN(Cc3ccccc3)S(=O)(=O)c3ccc(Br)cc3)o2)cc1. The van der Waals surface area contributed by atoms with Crippen molar-refractivity contribution in [2.45, 2.75) is 24.9 Å². The predicted molar refractivity (Wildman–Crippen MR) is 164 cm³/mol. The van der Waals surface area contributed by atoms with Crippen molar-refractivity contribution >= 4 is 55.6 Å². The minimum Gasteiger partial charge on any atom is -0.458 e. The van der Waals surface area contributed by atoms with E-state index in [4.69, 9.17) is 4.42 Å². The molecule has 1 heterocycles. The highest BCUT2D eigenvalue weighted by atomic mass is 79.9. The van der Waals surface area contributed by atoms with Crippen LogP contribution in [0.3, 0.4) is 0 Å². The highest BCUT2D eigenvalue weighted by Crippen LogP contribution is 2.21. The Hall–Kier alpha value is -4.59. The van der Waals surface area contributed by atoms with Gasteiger partial charge in [-0.1, -0.05) is 64.0 Å². The van der Waals surface area contributed by atoms with Crippen molar-refractivity contribution < 1.29 is 27.2 Å². The molecular formula is C30H28BrN5O6S. The van der Waals surface area contributed by atoms with Crippen LogP contribution in [0.15, 0.2) is 110 Å². The van der Waals surface area contributed by atoms with E-state index >= 15 is 0 Å². The van der Waals surface area contributed by atoms with E-state index in [0.29, 0.717) is 17.0 Å². The molecule has 222 valence electrons. The predicted octanol–water partition coefficient (Wildman–Crippen LogP) is 3.95. The van der Waals surface area contributed by atoms with Crippen LogP contribution in [0, 0.1) is 6.92 Å². The molecule has 0 saturated heterocycles. The van der Waals surface area contributed by atoms with Gasteiger partial charge in [-0.15, -0.1) is 0 Å². The van der Waals surface area contributed by atoms with E-state index in [1.807, 2.05) is 25.1 Å². The van der Waals surface area contributed by atoms with E-state index in [9.17, 15) is 22.8 Å². The van der Waals surface area contributed by atoms with Crippen LogP contribution in [-0.4, -0.2) is 43.2 Å². The third-order valence-corrected chi connectivity index (χ3v) is 8.31. The first-order chi connectivity index (χ1) is 20.6. The second-order valence-electron chi connectivity index (χ2n) is 9.31. The molecule has 3 N–H and O–H groups in total. The van der Waals surface area contributed by atoms with Gasteiger partial charge in [-0.2, -0.15) is 9.41 Å². The van der Waals surface area contributed by atoms with Gasteiger partial charge in [-0.25, -0.2) is 13.8 Å². The first kappa shape index (κ1) is 31.3. The third-order valence-electron chi connectivity index (χ3n) is 5.98. The number of hydrazone groups is 1. The maximum absolute atomic E-state index is 13.4. The van der Waals surface area contributed by atoms with Crippen LogP contribution in [0.5, 0.6) is 0 Å². The molecule has 1 aromatic heterocycles. The Morgan fingerprint density at radius 2 is 1.60 bits per heavy atom. The average Bonchev–Trinajstić information content (AvgIpc) is 3.45. The molecule has 0 spiro atoms. The van der Waals surface area contributed by atoms with Crippen LogP contribution in [0.2, 0.25) is 0 Å². The molecule has 3 aromatic carbocycles. The van der Waals surface area contributed by atoms with Crippen molar-refractivity contribution in [2.24, 2.45) is 5.10 Å². The number of rotatable bonds is 11. The summed E-state index contributed by atoms with van der Waals surface area (Å²) in [6, 6.07) is 25.2. The first-order valence-corrected chi connectivity index (χ1v) is 15.2. The second-order valence-corrected chi connectivity index (χ2v) is 12.2. The van der Waals surface area contributed by atoms with E-state index < -0.39 is 34.3 Å². The number of benzene rings is 3. The Morgan fingerprint density at radius 3 is 2.30 bits per heavy atom. The molecule has 0 saturated carbocycles. The average molecular weight is 667 g/mol. The molecule has 13 heteroatoms. The van der Waals surface area contributed by atoms with Crippen molar-refractivity contribution in [3.63, 3.8) is 0 Å². The smallest absolute Gasteiger partial charge is 0.313 e. The number of carbonyl (C=O) groups excluding carboxylic acids is 3. The lowest BCUT2D eigenvalue weighted by molar-refractivity contribution is -0.136. The number of anilines is 1. The Labute approximate surface area is 257 Å². The highest BCUT2D eigenvalue weighted by Gasteiger charge is 2.27. The summed E-state index contributed by atoms with van der Waals surface area (Å²) < 4.78 is 34.1. The quantitative estimate of drug-likeness (QED) is 0.125. The lowest BCUT2D eigenvalue weighted by Gasteiger charge is -2.21. The Balaban J connectivity index is 1.31. The fraction of sp³-hybridized carbons (Fsp3) is 0.133. The molecule has 11 nitrogen and oxygen atoms in total. The van der Waals surface area contributed by atoms with Crippen LogP contribution >= 0.6 is 15.9 Å². The summed E-state index contributed by atoms with van der Waals surface area (Å²) in [5.41, 5.74) is 4.55. The van der Waals surface area contributed by atoms with Gasteiger partial charge in [-0.05, 0) is 61.0 Å². The van der Waals surface area contributed by atoms with Gasteiger partial charge >= 0.3 is 11.8 Å². The Bertz CT molecular complexity index is 1710. The summed E-state index contributed by atoms with van der Waals surface area (Å²) in [7, 11) is -4.01. The molecule has 0 unspecified atom stereocenters. The van der Waals surface area contributed by atoms with Crippen LogP contribution in [0.25, 0.3) is 0 Å². The monoisotopic (exact) mass is 665 g/mol. The largest absolute Gasteiger partial charge is 0.458 e. The van der Waals surface area contributed by atoms with Crippen molar-refractivity contribution in [1.29, 1.82) is 0 Å². The van der Waals surface area contributed by atoms with Gasteiger partial charge in [0.2, 0.25) is 10.0 Å². The maximum Gasteiger partial charge on any atom is 0.313 e. The minimum atomic E-state index is -4.01. The van der Waals surface area contributed by atoms with Crippen LogP contribution in [0.4, 0.5) is 5.69 Å². The molecule has 0 fully saturated rings. The van der Waals surface area contributed by atoms with Crippen molar-refractivity contribution in [2.75, 3.05) is 11.9 Å². The van der Waals surface area contributed by atoms with E-state index in [1.54, 1.807) is 60.7 Å². The molecular weight excluding hydrogens is 638 g/mol. The minimum absolute atomic E-state index is 0.0212. The number of hydrogen-bond donors (Lipinski definition) is 3. The number of hydrogen-bond acceptors (Lipinski definition) is 7. The molecule has 3 amide bonds. The zero-order valence-electron chi connectivity index (χ0n) is 23.0. The molecule has 0 radical (unpaired) electrons. The lowest BCUT2D eigenvalue weighted by atomic mass is 10.2. The van der Waals surface area contributed by atoms with Gasteiger partial charge in [-0.3, -0.25) is 14.4 Å². The van der Waals surface area contributed by atoms with E-state index in [-0.39, 0.29) is 23.7 Å². The second kappa shape index (κ2) is 14.5. The topological polar surface area (TPSA) is 150 Å². The number of amides is 3. The number of aryl methyl sites for hydroxylation is 1. The molecule has 0 aliphatic rings. The van der Waals surface area contributed by atoms with Gasteiger partial charge in [0.25, 0.3) is 5.91 Å². The number of carbonyl (C=O) groups is 3. The standard InChI is InChI=1S/C30H28BrN5O6S/c1-21-7-11-24(12-8-21)34-30(39)29(38)32-17-25-13-14-26(42-25)18-33-35-28(37)20-36(19-22-5-3-2-4-6-22)43(40,41)27-15-9-23(31)10-16-27/h2-16,18H,17,19-20H2,1H3,(H,32,38)(H,34,39)(H,35,37)/b33-18-. The first-order valence-electron chi connectivity index (χ1n) is 13.0. The molecule has 4 aromatic rings. The fourth-order valence-electron chi connectivity index (χ4n) is 3.76. The lowest BCUT2D eigenvalue weighted by Crippen LogP contribution is -2.39. The molecule has 0 atom stereocenters. The number of sulfonamides is 1. The summed E-state index contributed by atoms with van der Waals surface area (Å²) in [5, 5.41) is 8.84. The zero-order valence-corrected chi connectivity index (χ0v) is 25.4.